The number of likely N-dealkylation sites (N-methyl/N-ethyl adjacent to an activating group) is 1. The summed E-state index contributed by atoms with van der Waals surface area (Å²) in [4.78, 5) is 0.210. The van der Waals surface area contributed by atoms with Gasteiger partial charge in [-0.05, 0) is 31.5 Å². The first-order valence-corrected chi connectivity index (χ1v) is 7.66. The average Bonchev–Trinajstić information content (AvgIpc) is 2.34. The van der Waals surface area contributed by atoms with E-state index in [4.69, 9.17) is 5.73 Å². The SMILES string of the molecule is CCN(CC(C)(C)O)S(=O)(=O)c1cccc(CN)c1. The van der Waals surface area contributed by atoms with Gasteiger partial charge in [0.25, 0.3) is 0 Å². The Morgan fingerprint density at radius 3 is 2.47 bits per heavy atom. The van der Waals surface area contributed by atoms with Crippen LogP contribution in [0.4, 0.5) is 0 Å². The molecule has 108 valence electrons. The summed E-state index contributed by atoms with van der Waals surface area (Å²) in [7, 11) is -3.60. The Kier molecular flexibility index (Phi) is 5.09. The van der Waals surface area contributed by atoms with Crippen molar-refractivity contribution in [2.75, 3.05) is 13.1 Å². The van der Waals surface area contributed by atoms with Crippen molar-refractivity contribution in [2.24, 2.45) is 5.73 Å². The van der Waals surface area contributed by atoms with Gasteiger partial charge in [-0.2, -0.15) is 4.31 Å². The number of nitrogens with two attached hydrogens (primary N) is 1. The number of aliphatic hydroxyl groups is 1. The maximum absolute atomic E-state index is 12.5. The Morgan fingerprint density at radius 1 is 1.37 bits per heavy atom. The lowest BCUT2D eigenvalue weighted by Crippen LogP contribution is -2.42. The van der Waals surface area contributed by atoms with Gasteiger partial charge in [0, 0.05) is 19.6 Å². The van der Waals surface area contributed by atoms with E-state index >= 15 is 0 Å². The Morgan fingerprint density at radius 2 is 2.00 bits per heavy atom. The molecule has 0 bridgehead atoms. The van der Waals surface area contributed by atoms with Crippen LogP contribution in [0.3, 0.4) is 0 Å². The maximum atomic E-state index is 12.5. The maximum Gasteiger partial charge on any atom is 0.243 e. The zero-order valence-electron chi connectivity index (χ0n) is 11.6. The van der Waals surface area contributed by atoms with E-state index in [-0.39, 0.29) is 11.4 Å². The molecule has 0 spiro atoms. The fourth-order valence-electron chi connectivity index (χ4n) is 1.78. The van der Waals surface area contributed by atoms with Crippen LogP contribution in [0.15, 0.2) is 29.2 Å². The lowest BCUT2D eigenvalue weighted by atomic mass is 10.1. The van der Waals surface area contributed by atoms with Gasteiger partial charge in [-0.3, -0.25) is 0 Å². The summed E-state index contributed by atoms with van der Waals surface area (Å²) in [6.45, 7) is 5.57. The minimum Gasteiger partial charge on any atom is -0.389 e. The number of sulfonamides is 1. The summed E-state index contributed by atoms with van der Waals surface area (Å²) in [5, 5.41) is 9.80. The molecular formula is C13H22N2O3S. The highest BCUT2D eigenvalue weighted by molar-refractivity contribution is 7.89. The molecule has 0 saturated carbocycles. The van der Waals surface area contributed by atoms with Crippen LogP contribution in [-0.2, 0) is 16.6 Å². The van der Waals surface area contributed by atoms with Crippen LogP contribution in [-0.4, -0.2) is 36.5 Å². The largest absolute Gasteiger partial charge is 0.389 e. The first-order chi connectivity index (χ1) is 8.70. The van der Waals surface area contributed by atoms with Crippen LogP contribution in [0.1, 0.15) is 26.3 Å². The van der Waals surface area contributed by atoms with Crippen molar-refractivity contribution < 1.29 is 13.5 Å². The number of hydrogen-bond donors (Lipinski definition) is 2. The minimum atomic E-state index is -3.60. The lowest BCUT2D eigenvalue weighted by molar-refractivity contribution is 0.0601. The second-order valence-electron chi connectivity index (χ2n) is 5.10. The molecule has 0 aliphatic carbocycles. The molecule has 0 aromatic heterocycles. The molecule has 0 atom stereocenters. The highest BCUT2D eigenvalue weighted by Gasteiger charge is 2.28. The molecule has 6 heteroatoms. The monoisotopic (exact) mass is 286 g/mol. The molecule has 0 aliphatic rings. The number of benzene rings is 1. The van der Waals surface area contributed by atoms with Crippen molar-refractivity contribution in [1.29, 1.82) is 0 Å². The van der Waals surface area contributed by atoms with Gasteiger partial charge in [0.15, 0.2) is 0 Å². The molecule has 19 heavy (non-hydrogen) atoms. The Balaban J connectivity index is 3.13. The molecule has 5 nitrogen and oxygen atoms in total. The van der Waals surface area contributed by atoms with E-state index in [2.05, 4.69) is 0 Å². The number of hydrogen-bond acceptors (Lipinski definition) is 4. The Bertz CT molecular complexity index is 521. The molecule has 1 aromatic rings. The second-order valence-corrected chi connectivity index (χ2v) is 7.03. The molecule has 0 radical (unpaired) electrons. The fourth-order valence-corrected chi connectivity index (χ4v) is 3.46. The summed E-state index contributed by atoms with van der Waals surface area (Å²) in [6.07, 6.45) is 0. The van der Waals surface area contributed by atoms with Crippen LogP contribution in [0.2, 0.25) is 0 Å². The summed E-state index contributed by atoms with van der Waals surface area (Å²) in [6, 6.07) is 6.57. The number of rotatable bonds is 6. The van der Waals surface area contributed by atoms with Gasteiger partial charge in [-0.15, -0.1) is 0 Å². The van der Waals surface area contributed by atoms with Crippen LogP contribution in [0.25, 0.3) is 0 Å². The van der Waals surface area contributed by atoms with Gasteiger partial charge >= 0.3 is 0 Å². The normalized spacial score (nSPS) is 12.9. The van der Waals surface area contributed by atoms with Crippen molar-refractivity contribution in [3.05, 3.63) is 29.8 Å². The zero-order valence-corrected chi connectivity index (χ0v) is 12.4. The predicted octanol–water partition coefficient (Wildman–Crippen LogP) is 0.927. The van der Waals surface area contributed by atoms with Crippen molar-refractivity contribution in [2.45, 2.75) is 37.8 Å². The van der Waals surface area contributed by atoms with Crippen LogP contribution in [0, 0.1) is 0 Å². The summed E-state index contributed by atoms with van der Waals surface area (Å²) in [5.74, 6) is 0. The first-order valence-electron chi connectivity index (χ1n) is 6.22. The van der Waals surface area contributed by atoms with Crippen molar-refractivity contribution >= 4 is 10.0 Å². The van der Waals surface area contributed by atoms with E-state index in [1.165, 1.54) is 4.31 Å². The van der Waals surface area contributed by atoms with E-state index in [0.29, 0.717) is 13.1 Å². The van der Waals surface area contributed by atoms with Crippen LogP contribution in [0.5, 0.6) is 0 Å². The highest BCUT2D eigenvalue weighted by atomic mass is 32.2. The van der Waals surface area contributed by atoms with E-state index in [1.807, 2.05) is 0 Å². The molecule has 0 heterocycles. The summed E-state index contributed by atoms with van der Waals surface area (Å²) in [5.41, 5.74) is 5.21. The molecule has 0 unspecified atom stereocenters. The van der Waals surface area contributed by atoms with Gasteiger partial charge in [-0.1, -0.05) is 19.1 Å². The third-order valence-corrected chi connectivity index (χ3v) is 4.60. The second kappa shape index (κ2) is 6.00. The highest BCUT2D eigenvalue weighted by Crippen LogP contribution is 2.19. The van der Waals surface area contributed by atoms with Crippen molar-refractivity contribution in [1.82, 2.24) is 4.31 Å². The zero-order chi connectivity index (χ0) is 14.7. The van der Waals surface area contributed by atoms with Gasteiger partial charge in [0.1, 0.15) is 0 Å². The van der Waals surface area contributed by atoms with Crippen molar-refractivity contribution in [3.8, 4) is 0 Å². The smallest absolute Gasteiger partial charge is 0.243 e. The Hall–Kier alpha value is -0.950. The van der Waals surface area contributed by atoms with E-state index in [0.717, 1.165) is 5.56 Å². The number of nitrogens with zero attached hydrogens (tertiary/aromatic N) is 1. The van der Waals surface area contributed by atoms with E-state index in [1.54, 1.807) is 45.0 Å². The van der Waals surface area contributed by atoms with Gasteiger partial charge in [-0.25, -0.2) is 8.42 Å². The molecule has 1 rings (SSSR count). The predicted molar refractivity (Wildman–Crippen MR) is 75.1 cm³/mol. The first kappa shape index (κ1) is 16.1. The summed E-state index contributed by atoms with van der Waals surface area (Å²) >= 11 is 0. The summed E-state index contributed by atoms with van der Waals surface area (Å²) < 4.78 is 26.2. The van der Waals surface area contributed by atoms with Gasteiger partial charge in [0.05, 0.1) is 10.5 Å². The third kappa shape index (κ3) is 4.28. The third-order valence-electron chi connectivity index (χ3n) is 2.69. The van der Waals surface area contributed by atoms with E-state index in [9.17, 15) is 13.5 Å². The van der Waals surface area contributed by atoms with E-state index < -0.39 is 15.6 Å². The topological polar surface area (TPSA) is 83.6 Å². The lowest BCUT2D eigenvalue weighted by Gasteiger charge is -2.27. The van der Waals surface area contributed by atoms with Crippen molar-refractivity contribution in [3.63, 3.8) is 0 Å². The minimum absolute atomic E-state index is 0.0543. The molecule has 0 aliphatic heterocycles. The molecule has 1 aromatic carbocycles. The van der Waals surface area contributed by atoms with Gasteiger partial charge in [0.2, 0.25) is 10.0 Å². The van der Waals surface area contributed by atoms with Crippen LogP contribution >= 0.6 is 0 Å². The van der Waals surface area contributed by atoms with Crippen LogP contribution < -0.4 is 5.73 Å². The molecule has 3 N–H and O–H groups in total. The average molecular weight is 286 g/mol. The molecule has 0 amide bonds. The standard InChI is InChI=1S/C13H22N2O3S/c1-4-15(10-13(2,3)16)19(17,18)12-7-5-6-11(8-12)9-14/h5-8,16H,4,9-10,14H2,1-3H3. The quantitative estimate of drug-likeness (QED) is 0.815. The fraction of sp³-hybridized carbons (Fsp3) is 0.538. The molecule has 0 saturated heterocycles. The Labute approximate surface area is 115 Å². The van der Waals surface area contributed by atoms with Gasteiger partial charge < -0.3 is 10.8 Å². The molecule has 0 fully saturated rings. The molecular weight excluding hydrogens is 264 g/mol.